The van der Waals surface area contributed by atoms with Gasteiger partial charge in [-0.3, -0.25) is 9.46 Å². The molecule has 0 saturated heterocycles. The van der Waals surface area contributed by atoms with Gasteiger partial charge < -0.3 is 24.1 Å². The maximum atomic E-state index is 11.0. The van der Waals surface area contributed by atoms with Gasteiger partial charge in [-0.25, -0.2) is 0 Å². The molecule has 0 spiro atoms. The van der Waals surface area contributed by atoms with E-state index in [0.717, 1.165) is 11.3 Å². The van der Waals surface area contributed by atoms with E-state index in [-0.39, 0.29) is 121 Å². The van der Waals surface area contributed by atoms with Crippen LogP contribution in [0.5, 0.6) is 0 Å². The van der Waals surface area contributed by atoms with Crippen molar-refractivity contribution in [2.45, 2.75) is 40.5 Å². The largest absolute Gasteiger partial charge is 1.00 e. The Labute approximate surface area is 218 Å². The summed E-state index contributed by atoms with van der Waals surface area (Å²) in [5.74, 6) is 0.270. The normalized spacial score (nSPS) is 14.2. The van der Waals surface area contributed by atoms with Crippen molar-refractivity contribution >= 4 is 15.2 Å². The van der Waals surface area contributed by atoms with Gasteiger partial charge in [-0.15, -0.1) is 0 Å². The summed E-state index contributed by atoms with van der Waals surface area (Å²) in [5.41, 5.74) is 0.125. The molecule has 2 N–H and O–H groups in total. The quantitative estimate of drug-likeness (QED) is 0.304. The molecule has 7 nitrogen and oxygen atoms in total. The van der Waals surface area contributed by atoms with Gasteiger partial charge in [-0.05, 0) is 30.7 Å². The molecular formula is C11H25K2NO6P2. The first kappa shape index (κ1) is 30.3. The van der Waals surface area contributed by atoms with Crippen LogP contribution in [0.25, 0.3) is 0 Å². The molecule has 0 rings (SSSR count). The smallest absolute Gasteiger partial charge is 0.810 e. The minimum atomic E-state index is -4.83. The third-order valence-corrected chi connectivity index (χ3v) is 4.17. The molecule has 22 heavy (non-hydrogen) atoms. The number of hydrogen-bond donors (Lipinski definition) is 2. The summed E-state index contributed by atoms with van der Waals surface area (Å²) in [7, 11) is -9.21. The maximum Gasteiger partial charge on any atom is 1.00 e. The Bertz CT molecular complexity index is 369. The summed E-state index contributed by atoms with van der Waals surface area (Å²) in [6.45, 7) is 8.42. The summed E-state index contributed by atoms with van der Waals surface area (Å²) in [6.07, 6.45) is -0.0650. The van der Waals surface area contributed by atoms with E-state index in [1.807, 2.05) is 6.92 Å². The average molecular weight is 407 g/mol. The number of hydrogen-bond acceptors (Lipinski definition) is 5. The van der Waals surface area contributed by atoms with Crippen molar-refractivity contribution in [2.24, 2.45) is 11.3 Å². The molecule has 0 aliphatic heterocycles. The van der Waals surface area contributed by atoms with E-state index in [4.69, 9.17) is 9.79 Å². The maximum absolute atomic E-state index is 11.0. The molecule has 0 radical (unpaired) electrons. The van der Waals surface area contributed by atoms with E-state index >= 15 is 0 Å². The van der Waals surface area contributed by atoms with Gasteiger partial charge in [-0.1, -0.05) is 35.3 Å². The van der Waals surface area contributed by atoms with Gasteiger partial charge in [0.25, 0.3) is 0 Å². The fraction of sp³-hybridized carbons (Fsp3) is 1.00. The Morgan fingerprint density at radius 2 is 1.55 bits per heavy atom. The molecule has 1 atom stereocenters. The second kappa shape index (κ2) is 12.8. The molecule has 11 heteroatoms. The van der Waals surface area contributed by atoms with Crippen molar-refractivity contribution in [3.8, 4) is 0 Å². The summed E-state index contributed by atoms with van der Waals surface area (Å²) in [4.78, 5) is 40.4. The Morgan fingerprint density at radius 1 is 1.09 bits per heavy atom. The van der Waals surface area contributed by atoms with Gasteiger partial charge in [-0.2, -0.15) is 0 Å². The van der Waals surface area contributed by atoms with Crippen LogP contribution >= 0.6 is 15.2 Å². The molecule has 0 aromatic carbocycles. The monoisotopic (exact) mass is 407 g/mol. The Morgan fingerprint density at radius 3 is 1.86 bits per heavy atom. The van der Waals surface area contributed by atoms with E-state index in [1.54, 1.807) is 0 Å². The molecule has 0 aliphatic rings. The van der Waals surface area contributed by atoms with Crippen molar-refractivity contribution in [3.63, 3.8) is 0 Å². The minimum absolute atomic E-state index is 0. The Kier molecular flexibility index (Phi) is 17.7. The molecule has 0 aromatic rings. The third-order valence-electron chi connectivity index (χ3n) is 2.66. The predicted octanol–water partition coefficient (Wildman–Crippen LogP) is -5.23. The SMILES string of the molecule is CC(CCN(CP(=O)([O-])[O-])CP(=O)(O)O)CC(C)(C)C.[K+].[K+]. The molecule has 0 bridgehead atoms. The van der Waals surface area contributed by atoms with Crippen LogP contribution in [0.2, 0.25) is 0 Å². The fourth-order valence-corrected chi connectivity index (χ4v) is 3.89. The van der Waals surface area contributed by atoms with Gasteiger partial charge in [0.2, 0.25) is 0 Å². The standard InChI is InChI=1S/C11H27NO6P2.2K/c1-10(7-11(2,3)4)5-6-12(8-19(13,14)15)9-20(16,17)18;;/h10H,5-9H2,1-4H3,(H2,13,14,15)(H2,16,17,18);;/q;2*+1/p-2. The summed E-state index contributed by atoms with van der Waals surface area (Å²) in [6, 6.07) is 0. The van der Waals surface area contributed by atoms with Crippen LogP contribution < -0.4 is 113 Å². The van der Waals surface area contributed by atoms with Crippen molar-refractivity contribution in [2.75, 3.05) is 19.1 Å². The third kappa shape index (κ3) is 21.6. The molecule has 122 valence electrons. The summed E-state index contributed by atoms with van der Waals surface area (Å²) < 4.78 is 21.7. The summed E-state index contributed by atoms with van der Waals surface area (Å²) in [5, 5.41) is 0. The number of nitrogens with zero attached hydrogens (tertiary/aromatic N) is 1. The van der Waals surface area contributed by atoms with Crippen LogP contribution in [0, 0.1) is 11.3 Å². The average Bonchev–Trinajstić information content (AvgIpc) is 2.06. The van der Waals surface area contributed by atoms with Crippen LogP contribution in [0.15, 0.2) is 0 Å². The van der Waals surface area contributed by atoms with Gasteiger partial charge in [0.15, 0.2) is 0 Å². The van der Waals surface area contributed by atoms with E-state index < -0.39 is 27.8 Å². The molecule has 0 saturated carbocycles. The van der Waals surface area contributed by atoms with Gasteiger partial charge in [0, 0.05) is 6.29 Å². The first-order chi connectivity index (χ1) is 8.68. The van der Waals surface area contributed by atoms with E-state index in [9.17, 15) is 18.9 Å². The Balaban J connectivity index is -0.00000180. The molecule has 0 fully saturated rings. The van der Waals surface area contributed by atoms with Crippen molar-refractivity contribution in [3.05, 3.63) is 0 Å². The van der Waals surface area contributed by atoms with Gasteiger partial charge in [0.1, 0.15) is 6.29 Å². The van der Waals surface area contributed by atoms with E-state index in [1.165, 1.54) is 0 Å². The van der Waals surface area contributed by atoms with Crippen LogP contribution in [0.3, 0.4) is 0 Å². The molecule has 0 heterocycles. The van der Waals surface area contributed by atoms with Crippen molar-refractivity contribution in [1.82, 2.24) is 4.90 Å². The van der Waals surface area contributed by atoms with Crippen LogP contribution in [-0.2, 0) is 9.13 Å². The van der Waals surface area contributed by atoms with Crippen molar-refractivity contribution < 1.29 is 131 Å². The molecular weight excluding hydrogens is 382 g/mol. The second-order valence-electron chi connectivity index (χ2n) is 6.61. The molecule has 0 aliphatic carbocycles. The van der Waals surface area contributed by atoms with Gasteiger partial charge >= 0.3 is 110 Å². The van der Waals surface area contributed by atoms with E-state index in [2.05, 4.69) is 20.8 Å². The predicted molar refractivity (Wildman–Crippen MR) is 73.9 cm³/mol. The second-order valence-corrected chi connectivity index (χ2v) is 9.73. The molecule has 1 unspecified atom stereocenters. The van der Waals surface area contributed by atoms with Crippen LogP contribution in [0.1, 0.15) is 40.5 Å². The number of rotatable bonds is 8. The van der Waals surface area contributed by atoms with E-state index in [0.29, 0.717) is 6.42 Å². The van der Waals surface area contributed by atoms with Crippen molar-refractivity contribution in [1.29, 1.82) is 0 Å². The van der Waals surface area contributed by atoms with Crippen LogP contribution in [-0.4, -0.2) is 33.8 Å². The fourth-order valence-electron chi connectivity index (χ4n) is 2.24. The first-order valence-corrected chi connectivity index (χ1v) is 9.98. The zero-order valence-electron chi connectivity index (χ0n) is 14.5. The zero-order chi connectivity index (χ0) is 16.2. The van der Waals surface area contributed by atoms with Gasteiger partial charge in [0.05, 0.1) is 0 Å². The molecule has 0 aromatic heterocycles. The topological polar surface area (TPSA) is 124 Å². The minimum Gasteiger partial charge on any atom is -0.810 e. The first-order valence-electron chi connectivity index (χ1n) is 6.46. The molecule has 0 amide bonds. The zero-order valence-corrected chi connectivity index (χ0v) is 22.5. The Hall–Kier alpha value is 3.53. The summed E-state index contributed by atoms with van der Waals surface area (Å²) >= 11 is 0. The van der Waals surface area contributed by atoms with Crippen LogP contribution in [0.4, 0.5) is 0 Å².